The maximum absolute atomic E-state index is 13.5. The van der Waals surface area contributed by atoms with E-state index in [0.29, 0.717) is 30.1 Å². The molecule has 5 aromatic carbocycles. The number of nitrogens with zero attached hydrogens (tertiary/aromatic N) is 3. The van der Waals surface area contributed by atoms with Gasteiger partial charge in [0.15, 0.2) is 0 Å². The minimum Gasteiger partial charge on any atom is -0.457 e. The summed E-state index contributed by atoms with van der Waals surface area (Å²) in [6.07, 6.45) is 2.12. The van der Waals surface area contributed by atoms with Crippen molar-refractivity contribution in [2.75, 3.05) is 26.2 Å². The second-order valence-corrected chi connectivity index (χ2v) is 12.0. The summed E-state index contributed by atoms with van der Waals surface area (Å²) >= 11 is 0. The Morgan fingerprint density at radius 2 is 1.13 bits per heavy atom. The molecule has 0 saturated carbocycles. The van der Waals surface area contributed by atoms with Crippen molar-refractivity contribution in [3.05, 3.63) is 155 Å². The molecule has 1 heterocycles. The van der Waals surface area contributed by atoms with E-state index in [4.69, 9.17) is 9.94 Å². The third-order valence-electron chi connectivity index (χ3n) is 9.31. The van der Waals surface area contributed by atoms with Gasteiger partial charge in [-0.15, -0.1) is 0 Å². The van der Waals surface area contributed by atoms with Crippen molar-refractivity contribution in [3.63, 3.8) is 0 Å². The van der Waals surface area contributed by atoms with Crippen molar-refractivity contribution in [2.24, 2.45) is 5.16 Å². The highest BCUT2D eigenvalue weighted by molar-refractivity contribution is 5.98. The summed E-state index contributed by atoms with van der Waals surface area (Å²) in [5, 5.41) is 12.3. The molecule has 230 valence electrons. The number of piperazine rings is 1. The zero-order valence-electron chi connectivity index (χ0n) is 26.0. The fourth-order valence-corrected chi connectivity index (χ4v) is 6.73. The van der Waals surface area contributed by atoms with Crippen LogP contribution in [-0.2, 0) is 12.8 Å². The zero-order valence-corrected chi connectivity index (χ0v) is 26.0. The number of carbonyl (C=O) groups is 1. The lowest BCUT2D eigenvalue weighted by Crippen LogP contribution is -2.50. The first-order chi connectivity index (χ1) is 22.6. The Morgan fingerprint density at radius 1 is 0.652 bits per heavy atom. The van der Waals surface area contributed by atoms with Gasteiger partial charge in [-0.25, -0.2) is 0 Å². The van der Waals surface area contributed by atoms with Crippen LogP contribution in [0.3, 0.4) is 0 Å². The molecule has 7 rings (SSSR count). The maximum atomic E-state index is 13.5. The number of aryl methyl sites for hydroxylation is 2. The Labute approximate surface area is 270 Å². The first-order valence-corrected chi connectivity index (χ1v) is 15.9. The number of amides is 1. The minimum absolute atomic E-state index is 0.0590. The van der Waals surface area contributed by atoms with Gasteiger partial charge in [-0.1, -0.05) is 90.1 Å². The lowest BCUT2D eigenvalue weighted by molar-refractivity contribution is 0.0597. The quantitative estimate of drug-likeness (QED) is 0.121. The van der Waals surface area contributed by atoms with Crippen LogP contribution in [0, 0.1) is 0 Å². The second-order valence-electron chi connectivity index (χ2n) is 12.0. The number of benzene rings is 5. The van der Waals surface area contributed by atoms with Gasteiger partial charge in [-0.3, -0.25) is 9.69 Å². The molecule has 2 aliphatic rings. The molecule has 0 unspecified atom stereocenters. The highest BCUT2D eigenvalue weighted by atomic mass is 16.5. The molecule has 0 bridgehead atoms. The van der Waals surface area contributed by atoms with Gasteiger partial charge in [0, 0.05) is 31.7 Å². The molecule has 1 saturated heterocycles. The van der Waals surface area contributed by atoms with Crippen LogP contribution in [0.2, 0.25) is 0 Å². The van der Waals surface area contributed by atoms with Gasteiger partial charge in [-0.2, -0.15) is 0 Å². The Morgan fingerprint density at radius 3 is 1.67 bits per heavy atom. The molecule has 0 spiro atoms. The Balaban J connectivity index is 0.980. The predicted molar refractivity (Wildman–Crippen MR) is 182 cm³/mol. The number of fused-ring (bicyclic) bond motifs is 2. The molecule has 0 aromatic heterocycles. The average Bonchev–Trinajstić information content (AvgIpc) is 3.29. The van der Waals surface area contributed by atoms with Gasteiger partial charge in [0.2, 0.25) is 0 Å². The summed E-state index contributed by atoms with van der Waals surface area (Å²) < 4.78 is 6.09. The van der Waals surface area contributed by atoms with Crippen LogP contribution in [0.4, 0.5) is 0 Å². The van der Waals surface area contributed by atoms with Gasteiger partial charge in [-0.05, 0) is 95.1 Å². The molecule has 1 N–H and O–H groups in total. The van der Waals surface area contributed by atoms with Gasteiger partial charge < -0.3 is 14.8 Å². The third kappa shape index (κ3) is 6.04. The minimum atomic E-state index is 0.0590. The number of rotatable bonds is 6. The van der Waals surface area contributed by atoms with Crippen LogP contribution >= 0.6 is 0 Å². The molecule has 1 amide bonds. The first-order valence-electron chi connectivity index (χ1n) is 15.9. The van der Waals surface area contributed by atoms with E-state index < -0.39 is 0 Å². The van der Waals surface area contributed by atoms with Crippen molar-refractivity contribution in [1.82, 2.24) is 9.80 Å². The van der Waals surface area contributed by atoms with E-state index in [1.165, 1.54) is 22.3 Å². The van der Waals surface area contributed by atoms with Crippen LogP contribution in [-0.4, -0.2) is 52.8 Å². The van der Waals surface area contributed by atoms with Crippen molar-refractivity contribution < 1.29 is 14.7 Å². The van der Waals surface area contributed by atoms with Gasteiger partial charge >= 0.3 is 0 Å². The van der Waals surface area contributed by atoms with Crippen molar-refractivity contribution in [3.8, 4) is 22.6 Å². The van der Waals surface area contributed by atoms with E-state index in [9.17, 15) is 4.79 Å². The molecule has 46 heavy (non-hydrogen) atoms. The second kappa shape index (κ2) is 13.0. The van der Waals surface area contributed by atoms with Crippen molar-refractivity contribution in [2.45, 2.75) is 25.8 Å². The summed E-state index contributed by atoms with van der Waals surface area (Å²) in [5.41, 5.74) is 9.90. The van der Waals surface area contributed by atoms with E-state index in [1.54, 1.807) is 6.92 Å². The fraction of sp³-hybridized carbons (Fsp3) is 0.200. The lowest BCUT2D eigenvalue weighted by Gasteiger charge is -2.40. The number of carbonyl (C=O) groups excluding carboxylic acids is 1. The summed E-state index contributed by atoms with van der Waals surface area (Å²) in [5.74, 6) is 1.46. The third-order valence-corrected chi connectivity index (χ3v) is 9.31. The van der Waals surface area contributed by atoms with Crippen LogP contribution in [0.5, 0.6) is 11.5 Å². The Bertz CT molecular complexity index is 1810. The Hall–Kier alpha value is -5.20. The highest BCUT2D eigenvalue weighted by Crippen LogP contribution is 2.37. The maximum Gasteiger partial charge on any atom is 0.253 e. The van der Waals surface area contributed by atoms with E-state index in [0.717, 1.165) is 48.4 Å². The summed E-state index contributed by atoms with van der Waals surface area (Å²) in [4.78, 5) is 18.0. The Kier molecular flexibility index (Phi) is 8.36. The van der Waals surface area contributed by atoms with Crippen LogP contribution in [0.25, 0.3) is 11.1 Å². The van der Waals surface area contributed by atoms with Crippen molar-refractivity contribution in [1.29, 1.82) is 0 Å². The molecule has 1 aliphatic carbocycles. The molecular weight excluding hydrogens is 570 g/mol. The lowest BCUT2D eigenvalue weighted by atomic mass is 9.92. The van der Waals surface area contributed by atoms with E-state index >= 15 is 0 Å². The van der Waals surface area contributed by atoms with E-state index in [1.807, 2.05) is 77.7 Å². The summed E-state index contributed by atoms with van der Waals surface area (Å²) in [6.45, 7) is 4.82. The van der Waals surface area contributed by atoms with Crippen LogP contribution in [0.1, 0.15) is 51.1 Å². The number of hydrogen-bond donors (Lipinski definition) is 1. The molecule has 1 fully saturated rings. The molecular formula is C40H37N3O3. The number of hydrogen-bond acceptors (Lipinski definition) is 5. The van der Waals surface area contributed by atoms with E-state index in [2.05, 4.69) is 58.6 Å². The molecule has 0 atom stereocenters. The van der Waals surface area contributed by atoms with Crippen molar-refractivity contribution >= 4 is 11.6 Å². The smallest absolute Gasteiger partial charge is 0.253 e. The normalized spacial score (nSPS) is 15.5. The van der Waals surface area contributed by atoms with Crippen LogP contribution in [0.15, 0.2) is 126 Å². The SMILES string of the molecule is CC(=NO)c1ccc(-c2ccc(Oc3ccc(C(=O)N4CCN(C5c6ccccc6CCc6ccccc65)CC4)cc3)cc2)cc1. The first kappa shape index (κ1) is 29.5. The van der Waals surface area contributed by atoms with Gasteiger partial charge in [0.1, 0.15) is 11.5 Å². The monoisotopic (exact) mass is 607 g/mol. The predicted octanol–water partition coefficient (Wildman–Crippen LogP) is 7.99. The number of oxime groups is 1. The topological polar surface area (TPSA) is 65.4 Å². The average molecular weight is 608 g/mol. The fourth-order valence-electron chi connectivity index (χ4n) is 6.73. The molecule has 6 heteroatoms. The van der Waals surface area contributed by atoms with Gasteiger partial charge in [0.05, 0.1) is 11.8 Å². The van der Waals surface area contributed by atoms with E-state index in [-0.39, 0.29) is 11.9 Å². The molecule has 6 nitrogen and oxygen atoms in total. The summed E-state index contributed by atoms with van der Waals surface area (Å²) in [7, 11) is 0. The van der Waals surface area contributed by atoms with Crippen LogP contribution < -0.4 is 4.74 Å². The van der Waals surface area contributed by atoms with Gasteiger partial charge in [0.25, 0.3) is 5.91 Å². The molecule has 1 aliphatic heterocycles. The standard InChI is InChI=1S/C40H37N3O3/c1-28(41-45)29-10-12-30(13-11-29)31-16-20-35(21-17-31)46-36-22-18-34(19-23-36)40(44)43-26-24-42(25-27-43)39-37-8-4-2-6-32(37)14-15-33-7-3-5-9-38(33)39/h2-13,16-23,39,45H,14-15,24-27H2,1H3. The number of ether oxygens (including phenoxy) is 1. The zero-order chi connectivity index (χ0) is 31.5. The molecule has 0 radical (unpaired) electrons. The highest BCUT2D eigenvalue weighted by Gasteiger charge is 2.32. The largest absolute Gasteiger partial charge is 0.457 e. The molecule has 5 aromatic rings. The summed E-state index contributed by atoms with van der Waals surface area (Å²) in [6, 6.07) is 41.2.